The molecule has 0 aliphatic rings. The highest BCUT2D eigenvalue weighted by molar-refractivity contribution is 5.37. The van der Waals surface area contributed by atoms with E-state index in [0.717, 1.165) is 6.54 Å². The molecule has 0 saturated carbocycles. The van der Waals surface area contributed by atoms with Gasteiger partial charge >= 0.3 is 0 Å². The molecule has 0 spiro atoms. The van der Waals surface area contributed by atoms with Gasteiger partial charge in [0.1, 0.15) is 0 Å². The minimum Gasteiger partial charge on any atom is -0.329 e. The van der Waals surface area contributed by atoms with Crippen LogP contribution in [0.25, 0.3) is 0 Å². The minimum atomic E-state index is 0.380. The van der Waals surface area contributed by atoms with Gasteiger partial charge in [0.25, 0.3) is 0 Å². The van der Waals surface area contributed by atoms with Crippen LogP contribution in [0.15, 0.2) is 12.1 Å². The molecule has 0 fully saturated rings. The van der Waals surface area contributed by atoms with Gasteiger partial charge in [0.15, 0.2) is 0 Å². The third-order valence-corrected chi connectivity index (χ3v) is 2.82. The Morgan fingerprint density at radius 1 is 1.20 bits per heavy atom. The summed E-state index contributed by atoms with van der Waals surface area (Å²) in [6.45, 7) is 10.2. The van der Waals surface area contributed by atoms with Crippen molar-refractivity contribution >= 4 is 0 Å². The minimum absolute atomic E-state index is 0.380. The Kier molecular flexibility index (Phi) is 4.30. The predicted octanol–water partition coefficient (Wildman–Crippen LogP) is 2.05. The molecule has 0 radical (unpaired) electrons. The fraction of sp³-hybridized carbons (Fsp3) is 0.538. The number of rotatable bonds is 4. The lowest BCUT2D eigenvalue weighted by molar-refractivity contribution is 0.554. The normalized spacial score (nSPS) is 12.9. The molecule has 2 nitrogen and oxygen atoms in total. The Labute approximate surface area is 92.9 Å². The lowest BCUT2D eigenvalue weighted by Gasteiger charge is -2.15. The van der Waals surface area contributed by atoms with Crippen molar-refractivity contribution in [1.82, 2.24) is 5.32 Å². The van der Waals surface area contributed by atoms with Gasteiger partial charge in [0.2, 0.25) is 0 Å². The first kappa shape index (κ1) is 12.2. The highest BCUT2D eigenvalue weighted by Gasteiger charge is 2.05. The Morgan fingerprint density at radius 2 is 1.73 bits per heavy atom. The molecule has 1 atom stereocenters. The second kappa shape index (κ2) is 5.29. The van der Waals surface area contributed by atoms with E-state index in [2.05, 4.69) is 45.1 Å². The van der Waals surface area contributed by atoms with Gasteiger partial charge in [-0.2, -0.15) is 0 Å². The van der Waals surface area contributed by atoms with Crippen LogP contribution in [0, 0.1) is 20.8 Å². The SMILES string of the molecule is Cc1cc(C)c(CNC(C)CN)c(C)c1. The monoisotopic (exact) mass is 206 g/mol. The fourth-order valence-corrected chi connectivity index (χ4v) is 1.85. The van der Waals surface area contributed by atoms with Crippen molar-refractivity contribution in [1.29, 1.82) is 0 Å². The van der Waals surface area contributed by atoms with Crippen molar-refractivity contribution in [2.45, 2.75) is 40.3 Å². The van der Waals surface area contributed by atoms with E-state index in [1.54, 1.807) is 0 Å². The molecule has 0 bridgehead atoms. The van der Waals surface area contributed by atoms with E-state index in [-0.39, 0.29) is 0 Å². The van der Waals surface area contributed by atoms with Gasteiger partial charge in [0, 0.05) is 19.1 Å². The van der Waals surface area contributed by atoms with Gasteiger partial charge in [-0.1, -0.05) is 17.7 Å². The molecule has 3 N–H and O–H groups in total. The molecule has 0 aliphatic heterocycles. The first-order chi connectivity index (χ1) is 7.04. The largest absolute Gasteiger partial charge is 0.329 e. The summed E-state index contributed by atoms with van der Waals surface area (Å²) in [4.78, 5) is 0. The van der Waals surface area contributed by atoms with Crippen LogP contribution in [0.3, 0.4) is 0 Å². The standard InChI is InChI=1S/C13H22N2/c1-9-5-10(2)13(11(3)6-9)8-15-12(4)7-14/h5-6,12,15H,7-8,14H2,1-4H3. The van der Waals surface area contributed by atoms with Gasteiger partial charge in [0.05, 0.1) is 0 Å². The van der Waals surface area contributed by atoms with E-state index in [9.17, 15) is 0 Å². The Morgan fingerprint density at radius 3 is 2.20 bits per heavy atom. The second-order valence-electron chi connectivity index (χ2n) is 4.39. The topological polar surface area (TPSA) is 38.0 Å². The molecule has 84 valence electrons. The van der Waals surface area contributed by atoms with E-state index in [1.165, 1.54) is 22.3 Å². The number of benzene rings is 1. The molecule has 0 aliphatic carbocycles. The van der Waals surface area contributed by atoms with Crippen LogP contribution in [-0.4, -0.2) is 12.6 Å². The maximum Gasteiger partial charge on any atom is 0.0213 e. The smallest absolute Gasteiger partial charge is 0.0213 e. The van der Waals surface area contributed by atoms with Crippen molar-refractivity contribution in [2.75, 3.05) is 6.54 Å². The zero-order valence-corrected chi connectivity index (χ0v) is 10.2. The van der Waals surface area contributed by atoms with Gasteiger partial charge in [-0.3, -0.25) is 0 Å². The predicted molar refractivity (Wildman–Crippen MR) is 66.0 cm³/mol. The Hall–Kier alpha value is -0.860. The second-order valence-corrected chi connectivity index (χ2v) is 4.39. The summed E-state index contributed by atoms with van der Waals surface area (Å²) >= 11 is 0. The third-order valence-electron chi connectivity index (χ3n) is 2.82. The molecule has 0 heterocycles. The average molecular weight is 206 g/mol. The highest BCUT2D eigenvalue weighted by atomic mass is 14.9. The van der Waals surface area contributed by atoms with E-state index in [4.69, 9.17) is 5.73 Å². The van der Waals surface area contributed by atoms with Crippen molar-refractivity contribution in [3.8, 4) is 0 Å². The summed E-state index contributed by atoms with van der Waals surface area (Å²) in [5.74, 6) is 0. The van der Waals surface area contributed by atoms with Gasteiger partial charge in [-0.15, -0.1) is 0 Å². The molecule has 0 amide bonds. The summed E-state index contributed by atoms with van der Waals surface area (Å²) in [5, 5.41) is 3.42. The molecule has 1 rings (SSSR count). The zero-order chi connectivity index (χ0) is 11.4. The zero-order valence-electron chi connectivity index (χ0n) is 10.2. The van der Waals surface area contributed by atoms with Crippen molar-refractivity contribution in [3.63, 3.8) is 0 Å². The number of nitrogens with one attached hydrogen (secondary N) is 1. The molecular formula is C13H22N2. The highest BCUT2D eigenvalue weighted by Crippen LogP contribution is 2.16. The Balaban J connectivity index is 2.77. The van der Waals surface area contributed by atoms with Crippen molar-refractivity contribution in [3.05, 3.63) is 34.4 Å². The number of nitrogens with two attached hydrogens (primary N) is 1. The number of hydrogen-bond acceptors (Lipinski definition) is 2. The summed E-state index contributed by atoms with van der Waals surface area (Å²) in [5.41, 5.74) is 11.0. The maximum absolute atomic E-state index is 5.57. The average Bonchev–Trinajstić information content (AvgIpc) is 2.15. The molecule has 1 unspecified atom stereocenters. The lowest BCUT2D eigenvalue weighted by atomic mass is 10.00. The molecule has 0 saturated heterocycles. The summed E-state index contributed by atoms with van der Waals surface area (Å²) in [6.07, 6.45) is 0. The molecule has 15 heavy (non-hydrogen) atoms. The van der Waals surface area contributed by atoms with E-state index in [0.29, 0.717) is 12.6 Å². The lowest BCUT2D eigenvalue weighted by Crippen LogP contribution is -2.33. The molecular weight excluding hydrogens is 184 g/mol. The first-order valence-electron chi connectivity index (χ1n) is 5.54. The van der Waals surface area contributed by atoms with Crippen LogP contribution in [0.4, 0.5) is 0 Å². The van der Waals surface area contributed by atoms with Gasteiger partial charge < -0.3 is 11.1 Å². The summed E-state index contributed by atoms with van der Waals surface area (Å²) in [7, 11) is 0. The van der Waals surface area contributed by atoms with E-state index >= 15 is 0 Å². The summed E-state index contributed by atoms with van der Waals surface area (Å²) in [6, 6.07) is 4.85. The van der Waals surface area contributed by atoms with E-state index in [1.807, 2.05) is 0 Å². The van der Waals surface area contributed by atoms with Crippen molar-refractivity contribution in [2.24, 2.45) is 5.73 Å². The molecule has 1 aromatic carbocycles. The molecule has 0 aromatic heterocycles. The summed E-state index contributed by atoms with van der Waals surface area (Å²) < 4.78 is 0. The van der Waals surface area contributed by atoms with Crippen molar-refractivity contribution < 1.29 is 0 Å². The van der Waals surface area contributed by atoms with Gasteiger partial charge in [-0.25, -0.2) is 0 Å². The van der Waals surface area contributed by atoms with Crippen LogP contribution in [-0.2, 0) is 6.54 Å². The van der Waals surface area contributed by atoms with Crippen LogP contribution in [0.1, 0.15) is 29.2 Å². The van der Waals surface area contributed by atoms with Crippen LogP contribution in [0.5, 0.6) is 0 Å². The van der Waals surface area contributed by atoms with Crippen LogP contribution in [0.2, 0.25) is 0 Å². The van der Waals surface area contributed by atoms with Gasteiger partial charge in [-0.05, 0) is 44.4 Å². The van der Waals surface area contributed by atoms with E-state index < -0.39 is 0 Å². The van der Waals surface area contributed by atoms with Crippen LogP contribution < -0.4 is 11.1 Å². The quantitative estimate of drug-likeness (QED) is 0.791. The third kappa shape index (κ3) is 3.33. The number of hydrogen-bond donors (Lipinski definition) is 2. The molecule has 2 heteroatoms. The molecule has 1 aromatic rings. The maximum atomic E-state index is 5.57. The van der Waals surface area contributed by atoms with Crippen LogP contribution >= 0.6 is 0 Å². The fourth-order valence-electron chi connectivity index (χ4n) is 1.85. The first-order valence-corrected chi connectivity index (χ1v) is 5.54. The number of aryl methyl sites for hydroxylation is 3. The Bertz CT molecular complexity index is 308.